The summed E-state index contributed by atoms with van der Waals surface area (Å²) >= 11 is 0. The van der Waals surface area contributed by atoms with Crippen molar-refractivity contribution in [1.29, 1.82) is 0 Å². The largest absolute Gasteiger partial charge is 0.453 e. The quantitative estimate of drug-likeness (QED) is 0.0329. The molecule has 31 heteroatoms. The van der Waals surface area contributed by atoms with E-state index in [0.29, 0.717) is 149 Å². The molecule has 2 saturated carbocycles. The van der Waals surface area contributed by atoms with Crippen LogP contribution in [0.1, 0.15) is 195 Å². The maximum atomic E-state index is 16.6. The fourth-order valence-corrected chi connectivity index (χ4v) is 18.3. The Morgan fingerprint density at radius 2 is 0.812 bits per heavy atom. The fraction of sp³-hybridized carbons (Fsp3) is 0.500. The molecule has 117 heavy (non-hydrogen) atoms. The Labute approximate surface area is 674 Å². The first-order chi connectivity index (χ1) is 55.9. The molecule has 4 aromatic carbocycles. The minimum Gasteiger partial charge on any atom is -0.453 e. The van der Waals surface area contributed by atoms with Gasteiger partial charge >= 0.3 is 24.4 Å². The van der Waals surface area contributed by atoms with E-state index in [4.69, 9.17) is 23.7 Å². The monoisotopic (exact) mass is 1610 g/mol. The lowest BCUT2D eigenvalue weighted by atomic mass is 9.90. The fourth-order valence-electron chi connectivity index (χ4n) is 18.3. The summed E-state index contributed by atoms with van der Waals surface area (Å²) in [5, 5.41) is 8.15. The zero-order valence-electron chi connectivity index (χ0n) is 67.2. The van der Waals surface area contributed by atoms with Gasteiger partial charge in [-0.1, -0.05) is 76.2 Å². The molecule has 2 spiro atoms. The maximum absolute atomic E-state index is 16.6. The number of carbonyl (C=O) groups is 7. The van der Waals surface area contributed by atoms with Gasteiger partial charge in [0.15, 0.2) is 0 Å². The molecular weight excluding hydrogens is 1510 g/mol. The minimum absolute atomic E-state index is 0.00671. The summed E-state index contributed by atoms with van der Waals surface area (Å²) in [6, 6.07) is 16.4. The standard InChI is InChI=1S/C45H52F2N8O7.C41H47F2N7O5/c1-24(2)36(52-42(58)60-3)40(56)55-23-44(13-14-44)20-35(55)39-49-22-33(51-39)27-8-10-29-28-9-7-26(18-30(28)45(46,47)31(29)19-27)32-21-48-38(50-32)34-6-5-15-54(34)41(57)37(53-43(59)61-4)25-11-16-62-17-12-25;1-22(2)33(48-37(52)54-6)36(51)50-21-40(13-14-40)18-32(50)35-45-20-30(47-35)24-10-12-26-25-11-9-23(16-27(25)41(42,43)28(26)17-24)29-19-44-34(46-29)31-8-7-15-49(31)38(53)55-39(3,4)5/h7-10,18-19,21-22,24-25,34-37H,5-6,11-17,20,23H2,1-4H3,(H,48,50)(H,49,51)(H,52,58)(H,53,59);9-12,16-17,19-20,22,31-33H,7-8,13-15,18,21H2,1-6H3,(H,44,46)(H,45,47)(H,48,52)/t34-,35-,36-,37-;31-,32-,33-/m00/s1. The van der Waals surface area contributed by atoms with Crippen molar-refractivity contribution in [3.63, 3.8) is 0 Å². The van der Waals surface area contributed by atoms with E-state index in [9.17, 15) is 33.6 Å². The third-order valence-electron chi connectivity index (χ3n) is 25.1. The predicted octanol–water partition coefficient (Wildman–Crippen LogP) is 14.9. The van der Waals surface area contributed by atoms with Crippen LogP contribution in [0.5, 0.6) is 0 Å². The Balaban J connectivity index is 0.000000176. The summed E-state index contributed by atoms with van der Waals surface area (Å²) in [4.78, 5) is 130. The molecular formula is C86H99F4N15O12. The van der Waals surface area contributed by atoms with Crippen LogP contribution in [0.4, 0.5) is 36.7 Å². The highest BCUT2D eigenvalue weighted by Gasteiger charge is 2.58. The lowest BCUT2D eigenvalue weighted by Gasteiger charge is -2.34. The van der Waals surface area contributed by atoms with E-state index in [-0.39, 0.29) is 92.7 Å². The van der Waals surface area contributed by atoms with Crippen LogP contribution in [0.3, 0.4) is 0 Å². The zero-order chi connectivity index (χ0) is 82.5. The number of aromatic nitrogens is 8. The van der Waals surface area contributed by atoms with E-state index in [0.717, 1.165) is 57.8 Å². The van der Waals surface area contributed by atoms with Crippen LogP contribution in [0.2, 0.25) is 0 Å². The number of rotatable bonds is 17. The van der Waals surface area contributed by atoms with Gasteiger partial charge in [-0.2, -0.15) is 17.6 Å². The minimum atomic E-state index is -3.31. The molecule has 7 fully saturated rings. The van der Waals surface area contributed by atoms with Gasteiger partial charge in [-0.25, -0.2) is 39.1 Å². The summed E-state index contributed by atoms with van der Waals surface area (Å²) in [6.45, 7) is 16.1. The van der Waals surface area contributed by atoms with Gasteiger partial charge in [0.1, 0.15) is 47.0 Å². The van der Waals surface area contributed by atoms with E-state index in [2.05, 4.69) is 55.8 Å². The number of aromatic amines is 4. The summed E-state index contributed by atoms with van der Waals surface area (Å²) in [6.07, 6.45) is 13.7. The molecule has 4 aromatic heterocycles. The number of nitrogens with one attached hydrogen (secondary N) is 7. The highest BCUT2D eigenvalue weighted by atomic mass is 19.3. The van der Waals surface area contributed by atoms with Crippen LogP contribution in [0.15, 0.2) is 97.6 Å². The number of ether oxygens (including phenoxy) is 5. The van der Waals surface area contributed by atoms with Crippen LogP contribution in [-0.4, -0.2) is 186 Å². The van der Waals surface area contributed by atoms with Gasteiger partial charge in [0.2, 0.25) is 17.7 Å². The highest BCUT2D eigenvalue weighted by molar-refractivity contribution is 5.90. The molecule has 0 radical (unpaired) electrons. The number of hydrogen-bond acceptors (Lipinski definition) is 16. The number of carbonyl (C=O) groups excluding carboxylic acids is 7. The third kappa shape index (κ3) is 15.2. The van der Waals surface area contributed by atoms with Gasteiger partial charge in [0.25, 0.3) is 11.8 Å². The first-order valence-corrected chi connectivity index (χ1v) is 40.5. The molecule has 27 nitrogen and oxygen atoms in total. The summed E-state index contributed by atoms with van der Waals surface area (Å²) in [5.41, 5.74) is 5.20. The summed E-state index contributed by atoms with van der Waals surface area (Å²) in [5.74, 6) is -5.38. The lowest BCUT2D eigenvalue weighted by molar-refractivity contribution is -0.137. The molecule has 0 bridgehead atoms. The predicted molar refractivity (Wildman–Crippen MR) is 421 cm³/mol. The first kappa shape index (κ1) is 79.7. The molecule has 17 rings (SSSR count). The van der Waals surface area contributed by atoms with Gasteiger partial charge < -0.3 is 74.3 Å². The number of H-pyrrole nitrogens is 4. The number of halogens is 4. The van der Waals surface area contributed by atoms with Gasteiger partial charge in [-0.15, -0.1) is 0 Å². The van der Waals surface area contributed by atoms with Crippen molar-refractivity contribution in [1.82, 2.24) is 75.4 Å². The molecule has 0 unspecified atom stereocenters. The van der Waals surface area contributed by atoms with Crippen LogP contribution < -0.4 is 16.0 Å². The van der Waals surface area contributed by atoms with Crippen LogP contribution in [0, 0.1) is 28.6 Å². The van der Waals surface area contributed by atoms with Crippen molar-refractivity contribution < 1.29 is 74.8 Å². The number of likely N-dealkylation sites (tertiary alicyclic amines) is 4. The third-order valence-corrected chi connectivity index (χ3v) is 25.1. The first-order valence-electron chi connectivity index (χ1n) is 40.5. The van der Waals surface area contributed by atoms with E-state index in [1.807, 2.05) is 60.6 Å². The zero-order valence-corrected chi connectivity index (χ0v) is 67.2. The van der Waals surface area contributed by atoms with Crippen LogP contribution in [-0.2, 0) is 49.9 Å². The number of benzene rings is 4. The average Bonchev–Trinajstić information content (AvgIpc) is 1.60. The molecule has 9 heterocycles. The van der Waals surface area contributed by atoms with Crippen molar-refractivity contribution >= 4 is 42.1 Å². The van der Waals surface area contributed by atoms with Crippen molar-refractivity contribution in [2.75, 3.05) is 60.7 Å². The number of fused-ring (bicyclic) bond motifs is 6. The number of amides is 7. The second kappa shape index (κ2) is 30.7. The number of alkyl carbamates (subject to hydrolysis) is 3. The second-order valence-electron chi connectivity index (χ2n) is 34.6. The van der Waals surface area contributed by atoms with Crippen LogP contribution in [0.25, 0.3) is 67.3 Å². The smallest absolute Gasteiger partial charge is 0.410 e. The summed E-state index contributed by atoms with van der Waals surface area (Å²) in [7, 11) is 3.79. The van der Waals surface area contributed by atoms with Crippen molar-refractivity contribution in [2.24, 2.45) is 28.6 Å². The Hall–Kier alpha value is -11.1. The van der Waals surface area contributed by atoms with Crippen molar-refractivity contribution in [3.8, 4) is 67.3 Å². The number of imidazole rings is 4. The van der Waals surface area contributed by atoms with Crippen LogP contribution >= 0.6 is 0 Å². The molecule has 7 atom stereocenters. The number of alkyl halides is 4. The Kier molecular flexibility index (Phi) is 20.9. The van der Waals surface area contributed by atoms with E-state index >= 15 is 17.6 Å². The molecule has 9 aliphatic rings. The lowest BCUT2D eigenvalue weighted by Crippen LogP contribution is -2.53. The molecule has 7 amide bonds. The summed E-state index contributed by atoms with van der Waals surface area (Å²) < 4.78 is 91.5. The van der Waals surface area contributed by atoms with Gasteiger partial charge in [-0.05, 0) is 173 Å². The average molecular weight is 1610 g/mol. The maximum Gasteiger partial charge on any atom is 0.410 e. The van der Waals surface area contributed by atoms with E-state index < -0.39 is 59.9 Å². The molecule has 4 aliphatic carbocycles. The molecule has 8 aromatic rings. The van der Waals surface area contributed by atoms with E-state index in [1.54, 1.807) is 80.8 Å². The van der Waals surface area contributed by atoms with Crippen molar-refractivity contribution in [3.05, 3.63) is 143 Å². The molecule has 5 saturated heterocycles. The topological polar surface area (TPSA) is 329 Å². The van der Waals surface area contributed by atoms with Gasteiger partial charge in [-0.3, -0.25) is 19.3 Å². The Morgan fingerprint density at radius 1 is 0.470 bits per heavy atom. The molecule has 7 N–H and O–H groups in total. The highest BCUT2D eigenvalue weighted by Crippen LogP contribution is 2.61. The normalized spacial score (nSPS) is 21.6. The second-order valence-corrected chi connectivity index (χ2v) is 34.6. The number of hydrogen-bond donors (Lipinski definition) is 7. The number of methoxy groups -OCH3 is 3. The molecule has 618 valence electrons. The van der Waals surface area contributed by atoms with Gasteiger partial charge in [0.05, 0.1) is 93.1 Å². The van der Waals surface area contributed by atoms with E-state index in [1.165, 1.54) is 45.6 Å². The Bertz CT molecular complexity index is 5180. The van der Waals surface area contributed by atoms with Gasteiger partial charge in [0, 0.05) is 83.9 Å². The number of nitrogens with zero attached hydrogens (tertiary/aromatic N) is 8. The van der Waals surface area contributed by atoms with Crippen molar-refractivity contribution in [2.45, 2.75) is 185 Å². The Morgan fingerprint density at radius 3 is 1.15 bits per heavy atom. The SMILES string of the molecule is COC(=O)N[C@H](C(=O)N1CC2(CC2)C[C@H]1c1ncc(-c2ccc3c(c2)C(F)(F)c2cc(-c4cnc([C@@H]5CCCN5C(=O)OC(C)(C)C)[nH]4)ccc2-3)[nH]1)C(C)C.COC(=O)N[C@H](C(=O)N1CC2(CC2)C[C@H]1c1ncc(-c2ccc3c(c2)C(F)(F)c2cc(-c4cnc([C@@H]5CCCN5C(=O)[C@@H](NC(=O)OC)C5CCOCC5)[nH]4)ccc2-3)[nH]1)C(C)C. The molecule has 5 aliphatic heterocycles.